The van der Waals surface area contributed by atoms with Gasteiger partial charge in [-0.2, -0.15) is 0 Å². The molecule has 1 aromatic carbocycles. The average molecular weight is 620 g/mol. The average Bonchev–Trinajstić information content (AvgIpc) is 3.58. The van der Waals surface area contributed by atoms with Crippen molar-refractivity contribution < 1.29 is 13.2 Å². The molecule has 0 N–H and O–H groups in total. The standard InChI is InChI=1S/C33H41N5O3S2/c1-36-15-12-25(13-16-36)33-35-31(23-42-33)30-22-38(43(39,40)28-6-3-2-4-7-28)32-29(30)20-26(21-34-32)24-8-10-27(11-9-24)37-14-5-18-41-19-17-37/h2-4,6-7,20-25,27H,5,8-19H2,1H3/t24-,27-. The topological polar surface area (TPSA) is 80.6 Å². The third-order valence-corrected chi connectivity index (χ3v) is 12.4. The Labute approximate surface area is 258 Å². The van der Waals surface area contributed by atoms with Gasteiger partial charge in [0.05, 0.1) is 22.2 Å². The number of piperidine rings is 1. The third-order valence-electron chi connectivity index (χ3n) is 9.74. The molecule has 10 heteroatoms. The SMILES string of the molecule is CN1CCC(c2nc(-c3cn(S(=O)(=O)c4ccccc4)c4ncc([C@H]5CC[C@H](N6CCCOCC6)CC5)cc34)cs2)CC1. The molecular formula is C33H41N5O3S2. The van der Waals surface area contributed by atoms with Crippen LogP contribution in [0.2, 0.25) is 0 Å². The summed E-state index contributed by atoms with van der Waals surface area (Å²) >= 11 is 1.70. The maximum absolute atomic E-state index is 13.9. The summed E-state index contributed by atoms with van der Waals surface area (Å²) in [6, 6.07) is 11.5. The molecule has 0 spiro atoms. The Bertz CT molecular complexity index is 1640. The fourth-order valence-corrected chi connectivity index (χ4v) is 9.51. The number of likely N-dealkylation sites (tertiary alicyclic amines) is 1. The first-order chi connectivity index (χ1) is 21.0. The van der Waals surface area contributed by atoms with Crippen LogP contribution in [0, 0.1) is 0 Å². The highest BCUT2D eigenvalue weighted by atomic mass is 32.2. The minimum atomic E-state index is -3.82. The van der Waals surface area contributed by atoms with E-state index in [2.05, 4.69) is 28.3 Å². The molecule has 0 atom stereocenters. The first-order valence-corrected chi connectivity index (χ1v) is 18.1. The van der Waals surface area contributed by atoms with Crippen molar-refractivity contribution in [1.29, 1.82) is 0 Å². The van der Waals surface area contributed by atoms with Gasteiger partial charge in [0.25, 0.3) is 10.0 Å². The highest BCUT2D eigenvalue weighted by Gasteiger charge is 2.30. The van der Waals surface area contributed by atoms with Crippen molar-refractivity contribution in [2.75, 3.05) is 46.4 Å². The molecule has 2 saturated heterocycles. The molecule has 43 heavy (non-hydrogen) atoms. The molecular weight excluding hydrogens is 579 g/mol. The molecule has 1 saturated carbocycles. The first-order valence-electron chi connectivity index (χ1n) is 15.7. The summed E-state index contributed by atoms with van der Waals surface area (Å²) in [6.45, 7) is 6.02. The lowest BCUT2D eigenvalue weighted by Crippen LogP contribution is -2.39. The predicted molar refractivity (Wildman–Crippen MR) is 171 cm³/mol. The molecule has 0 unspecified atom stereocenters. The smallest absolute Gasteiger partial charge is 0.269 e. The number of fused-ring (bicyclic) bond motifs is 1. The lowest BCUT2D eigenvalue weighted by molar-refractivity contribution is 0.118. The molecule has 1 aliphatic carbocycles. The van der Waals surface area contributed by atoms with Crippen molar-refractivity contribution in [2.24, 2.45) is 0 Å². The molecule has 3 aliphatic rings. The Morgan fingerprint density at radius 3 is 2.51 bits per heavy atom. The van der Waals surface area contributed by atoms with Crippen molar-refractivity contribution in [3.63, 3.8) is 0 Å². The van der Waals surface area contributed by atoms with Crippen molar-refractivity contribution in [3.8, 4) is 11.3 Å². The summed E-state index contributed by atoms with van der Waals surface area (Å²) in [5.74, 6) is 0.875. The number of nitrogens with zero attached hydrogens (tertiary/aromatic N) is 5. The van der Waals surface area contributed by atoms with Crippen molar-refractivity contribution in [1.82, 2.24) is 23.7 Å². The van der Waals surface area contributed by atoms with E-state index in [1.165, 1.54) is 22.4 Å². The Hall–Kier alpha value is -2.63. The number of hydrogen-bond acceptors (Lipinski definition) is 8. The quantitative estimate of drug-likeness (QED) is 0.264. The van der Waals surface area contributed by atoms with Crippen LogP contribution in [0.1, 0.15) is 67.4 Å². The number of ether oxygens (including phenoxy) is 1. The number of pyridine rings is 1. The van der Waals surface area contributed by atoms with Crippen LogP contribution in [0.5, 0.6) is 0 Å². The van der Waals surface area contributed by atoms with E-state index in [1.807, 2.05) is 12.3 Å². The van der Waals surface area contributed by atoms with Crippen LogP contribution in [-0.4, -0.2) is 84.6 Å². The van der Waals surface area contributed by atoms with Gasteiger partial charge in [0.15, 0.2) is 5.65 Å². The van der Waals surface area contributed by atoms with Gasteiger partial charge in [-0.05, 0) is 94.8 Å². The Morgan fingerprint density at radius 1 is 0.930 bits per heavy atom. The molecule has 4 aromatic rings. The van der Waals surface area contributed by atoms with E-state index in [4.69, 9.17) is 14.7 Å². The highest BCUT2D eigenvalue weighted by molar-refractivity contribution is 7.90. The summed E-state index contributed by atoms with van der Waals surface area (Å²) in [4.78, 5) is 15.2. The molecule has 228 valence electrons. The van der Waals surface area contributed by atoms with Crippen LogP contribution in [0.4, 0.5) is 0 Å². The predicted octanol–water partition coefficient (Wildman–Crippen LogP) is 5.95. The maximum Gasteiger partial charge on any atom is 0.269 e. The van der Waals surface area contributed by atoms with E-state index in [1.54, 1.807) is 41.8 Å². The molecule has 0 bridgehead atoms. The number of aromatic nitrogens is 3. The minimum absolute atomic E-state index is 0.256. The van der Waals surface area contributed by atoms with E-state index < -0.39 is 10.0 Å². The molecule has 0 amide bonds. The van der Waals surface area contributed by atoms with E-state index in [0.29, 0.717) is 23.5 Å². The molecule has 3 aromatic heterocycles. The highest BCUT2D eigenvalue weighted by Crippen LogP contribution is 2.40. The molecule has 3 fully saturated rings. The van der Waals surface area contributed by atoms with Gasteiger partial charge >= 0.3 is 0 Å². The summed E-state index contributed by atoms with van der Waals surface area (Å²) in [5.41, 5.74) is 3.36. The van der Waals surface area contributed by atoms with Gasteiger partial charge in [0.1, 0.15) is 0 Å². The van der Waals surface area contributed by atoms with Gasteiger partial charge in [-0.15, -0.1) is 11.3 Å². The van der Waals surface area contributed by atoms with Crippen LogP contribution < -0.4 is 0 Å². The normalized spacial score (nSPS) is 23.5. The number of hydrogen-bond donors (Lipinski definition) is 0. The minimum Gasteiger partial charge on any atom is -0.380 e. The van der Waals surface area contributed by atoms with Gasteiger partial charge in [-0.25, -0.2) is 22.4 Å². The largest absolute Gasteiger partial charge is 0.380 e. The summed E-state index contributed by atoms with van der Waals surface area (Å²) in [7, 11) is -1.65. The third kappa shape index (κ3) is 5.92. The second-order valence-corrected chi connectivity index (χ2v) is 15.2. The van der Waals surface area contributed by atoms with Gasteiger partial charge in [-0.3, -0.25) is 4.90 Å². The maximum atomic E-state index is 13.9. The van der Waals surface area contributed by atoms with Gasteiger partial charge in [-0.1, -0.05) is 18.2 Å². The zero-order valence-corrected chi connectivity index (χ0v) is 26.5. The van der Waals surface area contributed by atoms with Crippen LogP contribution in [0.15, 0.2) is 59.1 Å². The first kappa shape index (κ1) is 29.1. The molecule has 7 rings (SSSR count). The van der Waals surface area contributed by atoms with Crippen molar-refractivity contribution in [3.05, 3.63) is 64.7 Å². The zero-order valence-electron chi connectivity index (χ0n) is 24.9. The molecule has 8 nitrogen and oxygen atoms in total. The number of benzene rings is 1. The summed E-state index contributed by atoms with van der Waals surface area (Å²) in [6.07, 6.45) is 11.6. The van der Waals surface area contributed by atoms with E-state index in [-0.39, 0.29) is 4.90 Å². The Morgan fingerprint density at radius 2 is 1.72 bits per heavy atom. The molecule has 2 aliphatic heterocycles. The number of thiazole rings is 1. The second-order valence-electron chi connectivity index (χ2n) is 12.5. The number of rotatable bonds is 6. The summed E-state index contributed by atoms with van der Waals surface area (Å²) in [5, 5.41) is 4.12. The lowest BCUT2D eigenvalue weighted by atomic mass is 9.81. The van der Waals surface area contributed by atoms with Crippen LogP contribution >= 0.6 is 11.3 Å². The monoisotopic (exact) mass is 619 g/mol. The van der Waals surface area contributed by atoms with Crippen molar-refractivity contribution in [2.45, 2.75) is 67.7 Å². The molecule has 0 radical (unpaired) electrons. The van der Waals surface area contributed by atoms with E-state index in [0.717, 1.165) is 93.1 Å². The zero-order chi connectivity index (χ0) is 29.4. The van der Waals surface area contributed by atoms with Gasteiger partial charge in [0.2, 0.25) is 0 Å². The van der Waals surface area contributed by atoms with Crippen LogP contribution in [0.25, 0.3) is 22.3 Å². The van der Waals surface area contributed by atoms with Crippen molar-refractivity contribution >= 4 is 32.4 Å². The Kier molecular flexibility index (Phi) is 8.39. The van der Waals surface area contributed by atoms with Crippen LogP contribution in [-0.2, 0) is 14.8 Å². The van der Waals surface area contributed by atoms with E-state index >= 15 is 0 Å². The summed E-state index contributed by atoms with van der Waals surface area (Å²) < 4.78 is 34.8. The Balaban J connectivity index is 1.22. The van der Waals surface area contributed by atoms with Crippen LogP contribution in [0.3, 0.4) is 0 Å². The fraction of sp³-hybridized carbons (Fsp3) is 0.515. The molecule has 5 heterocycles. The van der Waals surface area contributed by atoms with Gasteiger partial charge in [0, 0.05) is 60.4 Å². The lowest BCUT2D eigenvalue weighted by Gasteiger charge is -2.36. The second kappa shape index (κ2) is 12.4. The fourth-order valence-electron chi connectivity index (χ4n) is 7.17. The van der Waals surface area contributed by atoms with Gasteiger partial charge < -0.3 is 9.64 Å². The van der Waals surface area contributed by atoms with E-state index in [9.17, 15) is 8.42 Å².